The minimum absolute atomic E-state index is 0.0819. The van der Waals surface area contributed by atoms with Gasteiger partial charge < -0.3 is 14.8 Å². The van der Waals surface area contributed by atoms with Gasteiger partial charge >= 0.3 is 0 Å². The summed E-state index contributed by atoms with van der Waals surface area (Å²) in [4.78, 5) is 12.4. The Kier molecular flexibility index (Phi) is 5.22. The van der Waals surface area contributed by atoms with Crippen LogP contribution in [0.3, 0.4) is 0 Å². The molecule has 0 saturated carbocycles. The number of anilines is 1. The first-order valence-electron chi connectivity index (χ1n) is 6.63. The molecule has 0 unspecified atom stereocenters. The summed E-state index contributed by atoms with van der Waals surface area (Å²) in [6, 6.07) is 9.02. The van der Waals surface area contributed by atoms with Gasteiger partial charge in [0.2, 0.25) is 0 Å². The molecule has 2 aromatic carbocycles. The highest BCUT2D eigenvalue weighted by Gasteiger charge is 2.17. The molecule has 0 aliphatic heterocycles. The molecule has 0 saturated heterocycles. The van der Waals surface area contributed by atoms with Gasteiger partial charge in [-0.2, -0.15) is 0 Å². The lowest BCUT2D eigenvalue weighted by molar-refractivity contribution is 0.102. The Labute approximate surface area is 132 Å². The van der Waals surface area contributed by atoms with Gasteiger partial charge in [0.05, 0.1) is 30.0 Å². The highest BCUT2D eigenvalue weighted by Crippen LogP contribution is 2.29. The summed E-state index contributed by atoms with van der Waals surface area (Å²) in [6.45, 7) is 1.97. The number of carbonyl (C=O) groups excluding carboxylic acids is 1. The lowest BCUT2D eigenvalue weighted by Crippen LogP contribution is -2.14. The van der Waals surface area contributed by atoms with E-state index in [1.54, 1.807) is 25.1 Å². The Morgan fingerprint density at radius 2 is 2.09 bits per heavy atom. The van der Waals surface area contributed by atoms with Crippen LogP contribution < -0.4 is 14.8 Å². The van der Waals surface area contributed by atoms with Crippen LogP contribution in [0.25, 0.3) is 0 Å². The minimum Gasteiger partial charge on any atom is -0.497 e. The molecule has 116 valence electrons. The van der Waals surface area contributed by atoms with Crippen molar-refractivity contribution in [2.45, 2.75) is 6.92 Å². The van der Waals surface area contributed by atoms with E-state index in [2.05, 4.69) is 5.32 Å². The van der Waals surface area contributed by atoms with Crippen molar-refractivity contribution < 1.29 is 18.7 Å². The average Bonchev–Trinajstić information content (AvgIpc) is 2.51. The Morgan fingerprint density at radius 3 is 2.77 bits per heavy atom. The van der Waals surface area contributed by atoms with Crippen molar-refractivity contribution in [1.29, 1.82) is 0 Å². The Bertz CT molecular complexity index is 691. The molecule has 0 aliphatic carbocycles. The molecule has 0 fully saturated rings. The zero-order valence-corrected chi connectivity index (χ0v) is 12.9. The first-order valence-corrected chi connectivity index (χ1v) is 7.00. The van der Waals surface area contributed by atoms with Gasteiger partial charge in [0.25, 0.3) is 5.91 Å². The van der Waals surface area contributed by atoms with E-state index in [-0.39, 0.29) is 17.9 Å². The van der Waals surface area contributed by atoms with E-state index >= 15 is 0 Å². The quantitative estimate of drug-likeness (QED) is 0.899. The lowest BCUT2D eigenvalue weighted by Gasteiger charge is -2.12. The van der Waals surface area contributed by atoms with Gasteiger partial charge in [-0.05, 0) is 31.2 Å². The Balaban J connectivity index is 2.32. The fraction of sp³-hybridized carbons (Fsp3) is 0.188. The Hall–Kier alpha value is -2.27. The smallest absolute Gasteiger partial charge is 0.259 e. The van der Waals surface area contributed by atoms with Crippen LogP contribution in [-0.4, -0.2) is 19.6 Å². The number of halogens is 2. The normalized spacial score (nSPS) is 10.2. The van der Waals surface area contributed by atoms with Gasteiger partial charge in [-0.3, -0.25) is 4.79 Å². The van der Waals surface area contributed by atoms with Crippen molar-refractivity contribution in [2.75, 3.05) is 19.0 Å². The van der Waals surface area contributed by atoms with E-state index in [0.717, 1.165) is 0 Å². The van der Waals surface area contributed by atoms with Crippen molar-refractivity contribution in [1.82, 2.24) is 0 Å². The third-order valence-corrected chi connectivity index (χ3v) is 3.25. The SMILES string of the molecule is CCOc1c(F)cccc1C(=O)Nc1cc(OC)ccc1Cl. The first kappa shape index (κ1) is 16.1. The number of benzene rings is 2. The van der Waals surface area contributed by atoms with Gasteiger partial charge in [0.1, 0.15) is 5.75 Å². The van der Waals surface area contributed by atoms with Gasteiger partial charge in [-0.25, -0.2) is 4.39 Å². The molecular weight excluding hydrogens is 309 g/mol. The third kappa shape index (κ3) is 3.49. The molecule has 1 amide bonds. The largest absolute Gasteiger partial charge is 0.497 e. The van der Waals surface area contributed by atoms with Crippen LogP contribution in [0.1, 0.15) is 17.3 Å². The van der Waals surface area contributed by atoms with E-state index in [1.807, 2.05) is 0 Å². The minimum atomic E-state index is -0.591. The number of ether oxygens (including phenoxy) is 2. The molecule has 0 aliphatic rings. The molecule has 2 aromatic rings. The average molecular weight is 324 g/mol. The Morgan fingerprint density at radius 1 is 1.32 bits per heavy atom. The van der Waals surface area contributed by atoms with E-state index in [0.29, 0.717) is 16.5 Å². The summed E-state index contributed by atoms with van der Waals surface area (Å²) >= 11 is 6.04. The van der Waals surface area contributed by atoms with Crippen LogP contribution in [0.4, 0.5) is 10.1 Å². The third-order valence-electron chi connectivity index (χ3n) is 2.92. The molecule has 6 heteroatoms. The van der Waals surface area contributed by atoms with Gasteiger partial charge in [0.15, 0.2) is 11.6 Å². The molecule has 0 heterocycles. The predicted octanol–water partition coefficient (Wildman–Crippen LogP) is 4.14. The summed E-state index contributed by atoms with van der Waals surface area (Å²) in [5.74, 6) is -0.644. The topological polar surface area (TPSA) is 47.6 Å². The van der Waals surface area contributed by atoms with Crippen molar-refractivity contribution in [3.05, 3.63) is 52.8 Å². The number of nitrogens with one attached hydrogen (secondary N) is 1. The van der Waals surface area contributed by atoms with E-state index < -0.39 is 11.7 Å². The van der Waals surface area contributed by atoms with Crippen LogP contribution in [0.5, 0.6) is 11.5 Å². The number of hydrogen-bond acceptors (Lipinski definition) is 3. The molecule has 2 rings (SSSR count). The zero-order chi connectivity index (χ0) is 16.1. The number of carbonyl (C=O) groups is 1. The molecule has 0 bridgehead atoms. The summed E-state index contributed by atoms with van der Waals surface area (Å²) in [5, 5.41) is 2.98. The molecule has 22 heavy (non-hydrogen) atoms. The number of rotatable bonds is 5. The van der Waals surface area contributed by atoms with Gasteiger partial charge in [-0.1, -0.05) is 17.7 Å². The summed E-state index contributed by atoms with van der Waals surface area (Å²) < 4.78 is 24.1. The molecule has 0 atom stereocenters. The van der Waals surface area contributed by atoms with E-state index in [1.165, 1.54) is 25.3 Å². The first-order chi connectivity index (χ1) is 10.6. The second kappa shape index (κ2) is 7.13. The molecule has 4 nitrogen and oxygen atoms in total. The van der Waals surface area contributed by atoms with Crippen molar-refractivity contribution in [3.8, 4) is 11.5 Å². The van der Waals surface area contributed by atoms with Crippen molar-refractivity contribution in [2.24, 2.45) is 0 Å². The lowest BCUT2D eigenvalue weighted by atomic mass is 10.1. The number of para-hydroxylation sites is 1. The summed E-state index contributed by atoms with van der Waals surface area (Å²) in [6.07, 6.45) is 0. The monoisotopic (exact) mass is 323 g/mol. The van der Waals surface area contributed by atoms with Crippen LogP contribution >= 0.6 is 11.6 Å². The van der Waals surface area contributed by atoms with Crippen LogP contribution in [0.2, 0.25) is 5.02 Å². The standard InChI is InChI=1S/C16H15ClFNO3/c1-3-22-15-11(5-4-6-13(15)18)16(20)19-14-9-10(21-2)7-8-12(14)17/h4-9H,3H2,1-2H3,(H,19,20). The fourth-order valence-corrected chi connectivity index (χ4v) is 2.06. The fourth-order valence-electron chi connectivity index (χ4n) is 1.90. The maximum absolute atomic E-state index is 13.8. The summed E-state index contributed by atoms with van der Waals surface area (Å²) in [7, 11) is 1.51. The summed E-state index contributed by atoms with van der Waals surface area (Å²) in [5.41, 5.74) is 0.471. The maximum Gasteiger partial charge on any atom is 0.259 e. The molecule has 1 N–H and O–H groups in total. The second-order valence-electron chi connectivity index (χ2n) is 4.35. The van der Waals surface area contributed by atoms with E-state index in [4.69, 9.17) is 21.1 Å². The molecule has 0 radical (unpaired) electrons. The highest BCUT2D eigenvalue weighted by atomic mass is 35.5. The second-order valence-corrected chi connectivity index (χ2v) is 4.76. The van der Waals surface area contributed by atoms with Gasteiger partial charge in [-0.15, -0.1) is 0 Å². The number of amides is 1. The number of methoxy groups -OCH3 is 1. The number of hydrogen-bond donors (Lipinski definition) is 1. The van der Waals surface area contributed by atoms with Crippen molar-refractivity contribution >= 4 is 23.2 Å². The predicted molar refractivity (Wildman–Crippen MR) is 83.5 cm³/mol. The van der Waals surface area contributed by atoms with Gasteiger partial charge in [0, 0.05) is 6.07 Å². The molecule has 0 aromatic heterocycles. The molecular formula is C16H15ClFNO3. The zero-order valence-electron chi connectivity index (χ0n) is 12.2. The van der Waals surface area contributed by atoms with Crippen LogP contribution in [-0.2, 0) is 0 Å². The molecule has 0 spiro atoms. The maximum atomic E-state index is 13.8. The van der Waals surface area contributed by atoms with Crippen LogP contribution in [0.15, 0.2) is 36.4 Å². The van der Waals surface area contributed by atoms with Crippen LogP contribution in [0, 0.1) is 5.82 Å². The van der Waals surface area contributed by atoms with E-state index in [9.17, 15) is 9.18 Å². The van der Waals surface area contributed by atoms with Crippen molar-refractivity contribution in [3.63, 3.8) is 0 Å². The highest BCUT2D eigenvalue weighted by molar-refractivity contribution is 6.34.